The van der Waals surface area contributed by atoms with E-state index in [0.717, 1.165) is 5.56 Å². The fourth-order valence-corrected chi connectivity index (χ4v) is 3.13. The van der Waals surface area contributed by atoms with Crippen LogP contribution in [-0.4, -0.2) is 29.8 Å². The van der Waals surface area contributed by atoms with E-state index in [-0.39, 0.29) is 36.8 Å². The molecule has 4 nitrogen and oxygen atoms in total. The van der Waals surface area contributed by atoms with Crippen molar-refractivity contribution in [3.8, 4) is 0 Å². The molecule has 136 valence electrons. The molecular weight excluding hydrogens is 338 g/mol. The highest BCUT2D eigenvalue weighted by atomic mass is 19.1. The highest BCUT2D eigenvalue weighted by Crippen LogP contribution is 2.20. The van der Waals surface area contributed by atoms with Crippen LogP contribution >= 0.6 is 0 Å². The van der Waals surface area contributed by atoms with Gasteiger partial charge in [-0.05, 0) is 24.1 Å². The molecule has 3 rings (SSSR count). The van der Waals surface area contributed by atoms with E-state index in [1.54, 1.807) is 4.90 Å². The number of likely N-dealkylation sites (tertiary alicyclic amines) is 1. The van der Waals surface area contributed by atoms with Gasteiger partial charge in [0.15, 0.2) is 0 Å². The molecule has 0 bridgehead atoms. The Labute approximate surface area is 150 Å². The number of nitrogens with zero attached hydrogens (tertiary/aromatic N) is 1. The largest absolute Gasteiger partial charge is 0.355 e. The van der Waals surface area contributed by atoms with Gasteiger partial charge in [0, 0.05) is 31.6 Å². The lowest BCUT2D eigenvalue weighted by atomic mass is 10.1. The predicted molar refractivity (Wildman–Crippen MR) is 93.0 cm³/mol. The fourth-order valence-electron chi connectivity index (χ4n) is 3.13. The van der Waals surface area contributed by atoms with E-state index in [9.17, 15) is 18.4 Å². The molecule has 1 aliphatic heterocycles. The Hall–Kier alpha value is -2.76. The molecule has 0 aromatic heterocycles. The van der Waals surface area contributed by atoms with Crippen LogP contribution in [0.4, 0.5) is 8.78 Å². The number of halogens is 2. The van der Waals surface area contributed by atoms with Gasteiger partial charge in [-0.1, -0.05) is 36.4 Å². The maximum atomic E-state index is 13.6. The van der Waals surface area contributed by atoms with Crippen LogP contribution in [0, 0.1) is 17.6 Å². The summed E-state index contributed by atoms with van der Waals surface area (Å²) in [4.78, 5) is 26.1. The van der Waals surface area contributed by atoms with E-state index in [4.69, 9.17) is 0 Å². The first-order valence-electron chi connectivity index (χ1n) is 8.57. The Morgan fingerprint density at radius 3 is 2.46 bits per heavy atom. The van der Waals surface area contributed by atoms with Crippen molar-refractivity contribution in [2.75, 3.05) is 13.1 Å². The van der Waals surface area contributed by atoms with Crippen molar-refractivity contribution in [2.45, 2.75) is 19.4 Å². The van der Waals surface area contributed by atoms with Crippen molar-refractivity contribution in [1.82, 2.24) is 10.2 Å². The molecule has 0 aliphatic carbocycles. The minimum absolute atomic E-state index is 0.0407. The lowest BCUT2D eigenvalue weighted by Crippen LogP contribution is -2.34. The van der Waals surface area contributed by atoms with Gasteiger partial charge in [-0.2, -0.15) is 0 Å². The zero-order valence-electron chi connectivity index (χ0n) is 14.3. The maximum absolute atomic E-state index is 13.6. The minimum atomic E-state index is -0.621. The van der Waals surface area contributed by atoms with Crippen LogP contribution in [-0.2, 0) is 22.6 Å². The molecule has 0 spiro atoms. The first-order valence-corrected chi connectivity index (χ1v) is 8.57. The molecule has 1 aliphatic rings. The molecule has 2 aromatic carbocycles. The topological polar surface area (TPSA) is 49.4 Å². The Morgan fingerprint density at radius 2 is 1.77 bits per heavy atom. The predicted octanol–water partition coefficient (Wildman–Crippen LogP) is 2.67. The van der Waals surface area contributed by atoms with Crippen molar-refractivity contribution in [2.24, 2.45) is 5.92 Å². The number of benzene rings is 2. The average molecular weight is 358 g/mol. The zero-order chi connectivity index (χ0) is 18.5. The van der Waals surface area contributed by atoms with Crippen molar-refractivity contribution < 1.29 is 18.4 Å². The third-order valence-corrected chi connectivity index (χ3v) is 4.54. The standard InChI is InChI=1S/C20H20F2N2O2/c21-17-7-4-8-18(22)16(17)9-10-23-20(26)15-11-19(25)24(13-15)12-14-5-2-1-3-6-14/h1-8,15H,9-13H2,(H,23,26). The first-order chi connectivity index (χ1) is 12.5. The number of hydrogen-bond donors (Lipinski definition) is 1. The Bertz CT molecular complexity index is 775. The van der Waals surface area contributed by atoms with Gasteiger partial charge in [-0.3, -0.25) is 9.59 Å². The molecule has 1 saturated heterocycles. The van der Waals surface area contributed by atoms with Gasteiger partial charge < -0.3 is 10.2 Å². The minimum Gasteiger partial charge on any atom is -0.355 e. The Balaban J connectivity index is 1.50. The second-order valence-electron chi connectivity index (χ2n) is 6.40. The SMILES string of the molecule is O=C(NCCc1c(F)cccc1F)C1CC(=O)N(Cc2ccccc2)C1. The number of hydrogen-bond acceptors (Lipinski definition) is 2. The Morgan fingerprint density at radius 1 is 1.08 bits per heavy atom. The second-order valence-corrected chi connectivity index (χ2v) is 6.40. The van der Waals surface area contributed by atoms with E-state index in [1.807, 2.05) is 30.3 Å². The molecular formula is C20H20F2N2O2. The molecule has 1 fully saturated rings. The highest BCUT2D eigenvalue weighted by Gasteiger charge is 2.34. The fraction of sp³-hybridized carbons (Fsp3) is 0.300. The number of rotatable bonds is 6. The van der Waals surface area contributed by atoms with Crippen LogP contribution in [0.3, 0.4) is 0 Å². The van der Waals surface area contributed by atoms with E-state index >= 15 is 0 Å². The zero-order valence-corrected chi connectivity index (χ0v) is 14.3. The van der Waals surface area contributed by atoms with Crippen LogP contribution < -0.4 is 5.32 Å². The van der Waals surface area contributed by atoms with E-state index in [2.05, 4.69) is 5.32 Å². The third kappa shape index (κ3) is 4.25. The van der Waals surface area contributed by atoms with Crippen molar-refractivity contribution >= 4 is 11.8 Å². The summed E-state index contributed by atoms with van der Waals surface area (Å²) in [5.41, 5.74) is 0.970. The van der Waals surface area contributed by atoms with Gasteiger partial charge >= 0.3 is 0 Å². The van der Waals surface area contributed by atoms with Crippen LogP contribution in [0.1, 0.15) is 17.5 Å². The summed E-state index contributed by atoms with van der Waals surface area (Å²) < 4.78 is 27.2. The van der Waals surface area contributed by atoms with Gasteiger partial charge in [0.2, 0.25) is 11.8 Å². The number of nitrogens with one attached hydrogen (secondary N) is 1. The normalized spacial score (nSPS) is 16.8. The molecule has 1 heterocycles. The number of carbonyl (C=O) groups excluding carboxylic acids is 2. The quantitative estimate of drug-likeness (QED) is 0.863. The summed E-state index contributed by atoms with van der Waals surface area (Å²) in [7, 11) is 0. The Kier molecular flexibility index (Phi) is 5.61. The van der Waals surface area contributed by atoms with Gasteiger partial charge in [0.05, 0.1) is 5.92 Å². The summed E-state index contributed by atoms with van der Waals surface area (Å²) in [6.45, 7) is 0.956. The van der Waals surface area contributed by atoms with Crippen molar-refractivity contribution in [3.05, 3.63) is 71.3 Å². The third-order valence-electron chi connectivity index (χ3n) is 4.54. The number of amides is 2. The van der Waals surface area contributed by atoms with Gasteiger partial charge in [0.1, 0.15) is 11.6 Å². The van der Waals surface area contributed by atoms with Crippen molar-refractivity contribution in [3.63, 3.8) is 0 Å². The summed E-state index contributed by atoms with van der Waals surface area (Å²) in [6.07, 6.45) is 0.228. The lowest BCUT2D eigenvalue weighted by Gasteiger charge is -2.16. The van der Waals surface area contributed by atoms with Crippen LogP contribution in [0.2, 0.25) is 0 Å². The van der Waals surface area contributed by atoms with Gasteiger partial charge in [-0.25, -0.2) is 8.78 Å². The molecule has 1 unspecified atom stereocenters. The van der Waals surface area contributed by atoms with E-state index in [1.165, 1.54) is 18.2 Å². The molecule has 0 radical (unpaired) electrons. The van der Waals surface area contributed by atoms with Gasteiger partial charge in [0.25, 0.3) is 0 Å². The van der Waals surface area contributed by atoms with Crippen molar-refractivity contribution in [1.29, 1.82) is 0 Å². The molecule has 0 saturated carbocycles. The summed E-state index contributed by atoms with van der Waals surface area (Å²) >= 11 is 0. The molecule has 2 aromatic rings. The molecule has 26 heavy (non-hydrogen) atoms. The smallest absolute Gasteiger partial charge is 0.225 e. The van der Waals surface area contributed by atoms with E-state index < -0.39 is 17.6 Å². The summed E-state index contributed by atoms with van der Waals surface area (Å²) in [5.74, 6) is -2.00. The second kappa shape index (κ2) is 8.08. The number of carbonyl (C=O) groups is 2. The van der Waals surface area contributed by atoms with Crippen LogP contribution in [0.5, 0.6) is 0 Å². The molecule has 1 N–H and O–H groups in total. The van der Waals surface area contributed by atoms with Crippen LogP contribution in [0.15, 0.2) is 48.5 Å². The lowest BCUT2D eigenvalue weighted by molar-refractivity contribution is -0.129. The maximum Gasteiger partial charge on any atom is 0.225 e. The first kappa shape index (κ1) is 18.0. The monoisotopic (exact) mass is 358 g/mol. The summed E-state index contributed by atoms with van der Waals surface area (Å²) in [5, 5.41) is 2.68. The van der Waals surface area contributed by atoms with E-state index in [0.29, 0.717) is 13.1 Å². The molecule has 2 amide bonds. The highest BCUT2D eigenvalue weighted by molar-refractivity contribution is 5.89. The van der Waals surface area contributed by atoms with Crippen LogP contribution in [0.25, 0.3) is 0 Å². The van der Waals surface area contributed by atoms with Gasteiger partial charge in [-0.15, -0.1) is 0 Å². The molecule has 6 heteroatoms. The summed E-state index contributed by atoms with van der Waals surface area (Å²) in [6, 6.07) is 13.3. The molecule has 1 atom stereocenters. The average Bonchev–Trinajstić information content (AvgIpc) is 2.99.